The lowest BCUT2D eigenvalue weighted by Crippen LogP contribution is -2.38. The molecule has 1 aromatic rings. The number of hydrogen-bond acceptors (Lipinski definition) is 2. The van der Waals surface area contributed by atoms with Crippen molar-refractivity contribution in [3.8, 4) is 0 Å². The van der Waals surface area contributed by atoms with Crippen molar-refractivity contribution in [2.75, 3.05) is 18.5 Å². The van der Waals surface area contributed by atoms with Crippen LogP contribution in [0.25, 0.3) is 0 Å². The van der Waals surface area contributed by atoms with Crippen LogP contribution in [0.2, 0.25) is 0 Å². The van der Waals surface area contributed by atoms with Gasteiger partial charge in [0.05, 0.1) is 6.54 Å². The summed E-state index contributed by atoms with van der Waals surface area (Å²) in [7, 11) is 1.71. The van der Waals surface area contributed by atoms with Crippen LogP contribution in [0.4, 0.5) is 5.69 Å². The standard InChI is InChI=1S/C13H16N2O2/c1-15(11-5-3-2-4-6-11)12(16)9-14-13(17)10-7-8-10/h2-6,10H,7-9H2,1H3,(H,14,17). The van der Waals surface area contributed by atoms with Crippen LogP contribution >= 0.6 is 0 Å². The van der Waals surface area contributed by atoms with E-state index in [1.165, 1.54) is 0 Å². The Morgan fingerprint density at radius 3 is 2.53 bits per heavy atom. The molecule has 0 aromatic heterocycles. The van der Waals surface area contributed by atoms with Crippen molar-refractivity contribution in [2.24, 2.45) is 5.92 Å². The van der Waals surface area contributed by atoms with Crippen LogP contribution in [0.5, 0.6) is 0 Å². The number of nitrogens with one attached hydrogen (secondary N) is 1. The molecule has 0 saturated heterocycles. The Bertz CT molecular complexity index is 413. The highest BCUT2D eigenvalue weighted by Gasteiger charge is 2.29. The lowest BCUT2D eigenvalue weighted by molar-refractivity contribution is -0.125. The molecule has 1 aliphatic carbocycles. The number of benzene rings is 1. The van der Waals surface area contributed by atoms with Gasteiger partial charge in [0.1, 0.15) is 0 Å². The topological polar surface area (TPSA) is 49.4 Å². The molecule has 4 nitrogen and oxygen atoms in total. The summed E-state index contributed by atoms with van der Waals surface area (Å²) in [6, 6.07) is 9.38. The van der Waals surface area contributed by atoms with Gasteiger partial charge in [0.15, 0.2) is 0 Å². The van der Waals surface area contributed by atoms with E-state index in [1.807, 2.05) is 30.3 Å². The molecule has 0 aliphatic heterocycles. The third kappa shape index (κ3) is 3.06. The number of para-hydroxylation sites is 1. The molecule has 1 aromatic carbocycles. The summed E-state index contributed by atoms with van der Waals surface area (Å²) in [6.45, 7) is 0.0702. The fraction of sp³-hybridized carbons (Fsp3) is 0.385. The number of carbonyl (C=O) groups is 2. The number of rotatable bonds is 4. The smallest absolute Gasteiger partial charge is 0.246 e. The van der Waals surface area contributed by atoms with Crippen molar-refractivity contribution in [2.45, 2.75) is 12.8 Å². The van der Waals surface area contributed by atoms with Gasteiger partial charge in [-0.05, 0) is 25.0 Å². The zero-order valence-electron chi connectivity index (χ0n) is 9.85. The van der Waals surface area contributed by atoms with Gasteiger partial charge < -0.3 is 10.2 Å². The number of likely N-dealkylation sites (N-methyl/N-ethyl adjacent to an activating group) is 1. The largest absolute Gasteiger partial charge is 0.347 e. The normalized spacial score (nSPS) is 14.2. The number of anilines is 1. The highest BCUT2D eigenvalue weighted by atomic mass is 16.2. The maximum atomic E-state index is 11.8. The van der Waals surface area contributed by atoms with Gasteiger partial charge in [0, 0.05) is 18.7 Å². The van der Waals surface area contributed by atoms with E-state index in [-0.39, 0.29) is 24.3 Å². The van der Waals surface area contributed by atoms with E-state index in [2.05, 4.69) is 5.32 Å². The van der Waals surface area contributed by atoms with Crippen molar-refractivity contribution in [1.82, 2.24) is 5.32 Å². The summed E-state index contributed by atoms with van der Waals surface area (Å²) < 4.78 is 0. The van der Waals surface area contributed by atoms with Gasteiger partial charge in [0.25, 0.3) is 0 Å². The second-order valence-electron chi connectivity index (χ2n) is 4.28. The van der Waals surface area contributed by atoms with Gasteiger partial charge in [-0.1, -0.05) is 18.2 Å². The molecule has 0 atom stereocenters. The van der Waals surface area contributed by atoms with E-state index >= 15 is 0 Å². The molecule has 2 amide bonds. The summed E-state index contributed by atoms with van der Waals surface area (Å²) in [5, 5.41) is 2.66. The van der Waals surface area contributed by atoms with Crippen molar-refractivity contribution in [3.63, 3.8) is 0 Å². The van der Waals surface area contributed by atoms with E-state index in [1.54, 1.807) is 11.9 Å². The van der Waals surface area contributed by atoms with Crippen molar-refractivity contribution < 1.29 is 9.59 Å². The Kier molecular flexibility index (Phi) is 3.42. The second kappa shape index (κ2) is 4.99. The van der Waals surface area contributed by atoms with E-state index < -0.39 is 0 Å². The summed E-state index contributed by atoms with van der Waals surface area (Å²) in [6.07, 6.45) is 1.91. The average molecular weight is 232 g/mol. The molecule has 4 heteroatoms. The maximum Gasteiger partial charge on any atom is 0.246 e. The summed E-state index contributed by atoms with van der Waals surface area (Å²) in [4.78, 5) is 24.7. The number of hydrogen-bond donors (Lipinski definition) is 1. The first-order valence-corrected chi connectivity index (χ1v) is 5.78. The number of carbonyl (C=O) groups excluding carboxylic acids is 2. The van der Waals surface area contributed by atoms with E-state index in [9.17, 15) is 9.59 Å². The zero-order chi connectivity index (χ0) is 12.3. The summed E-state index contributed by atoms with van der Waals surface area (Å²) in [5.74, 6) is 0.0369. The Morgan fingerprint density at radius 1 is 1.29 bits per heavy atom. The van der Waals surface area contributed by atoms with Gasteiger partial charge in [-0.15, -0.1) is 0 Å². The third-order valence-corrected chi connectivity index (χ3v) is 2.88. The molecule has 0 heterocycles. The van der Waals surface area contributed by atoms with Crippen LogP contribution in [-0.2, 0) is 9.59 Å². The fourth-order valence-electron chi connectivity index (χ4n) is 1.57. The monoisotopic (exact) mass is 232 g/mol. The minimum absolute atomic E-state index is 0.000174. The quantitative estimate of drug-likeness (QED) is 0.847. The van der Waals surface area contributed by atoms with Gasteiger partial charge in [0.2, 0.25) is 11.8 Å². The highest BCUT2D eigenvalue weighted by molar-refractivity contribution is 5.96. The predicted octanol–water partition coefficient (Wildman–Crippen LogP) is 1.18. The van der Waals surface area contributed by atoms with E-state index in [4.69, 9.17) is 0 Å². The zero-order valence-corrected chi connectivity index (χ0v) is 9.85. The van der Waals surface area contributed by atoms with Gasteiger partial charge >= 0.3 is 0 Å². The van der Waals surface area contributed by atoms with Crippen LogP contribution < -0.4 is 10.2 Å². The molecule has 1 aliphatic rings. The van der Waals surface area contributed by atoms with Crippen molar-refractivity contribution in [1.29, 1.82) is 0 Å². The third-order valence-electron chi connectivity index (χ3n) is 2.88. The Hall–Kier alpha value is -1.84. The first-order chi connectivity index (χ1) is 8.18. The molecule has 0 bridgehead atoms. The molecule has 1 N–H and O–H groups in total. The summed E-state index contributed by atoms with van der Waals surface area (Å²) >= 11 is 0. The number of amides is 2. The molecule has 1 saturated carbocycles. The van der Waals surface area contributed by atoms with E-state index in [0.29, 0.717) is 0 Å². The SMILES string of the molecule is CN(C(=O)CNC(=O)C1CC1)c1ccccc1. The van der Waals surface area contributed by atoms with E-state index in [0.717, 1.165) is 18.5 Å². The molecule has 0 radical (unpaired) electrons. The molecule has 0 spiro atoms. The lowest BCUT2D eigenvalue weighted by Gasteiger charge is -2.17. The Balaban J connectivity index is 1.85. The lowest BCUT2D eigenvalue weighted by atomic mass is 10.3. The van der Waals surface area contributed by atoms with Crippen LogP contribution in [-0.4, -0.2) is 25.4 Å². The van der Waals surface area contributed by atoms with Gasteiger partial charge in [-0.2, -0.15) is 0 Å². The minimum atomic E-state index is -0.106. The molecule has 17 heavy (non-hydrogen) atoms. The second-order valence-corrected chi connectivity index (χ2v) is 4.28. The first-order valence-electron chi connectivity index (χ1n) is 5.78. The maximum absolute atomic E-state index is 11.8. The molecular weight excluding hydrogens is 216 g/mol. The van der Waals surface area contributed by atoms with Gasteiger partial charge in [-0.3, -0.25) is 9.59 Å². The van der Waals surface area contributed by atoms with Crippen molar-refractivity contribution in [3.05, 3.63) is 30.3 Å². The summed E-state index contributed by atoms with van der Waals surface area (Å²) in [5.41, 5.74) is 0.832. The predicted molar refractivity (Wildman–Crippen MR) is 65.6 cm³/mol. The average Bonchev–Trinajstić information content (AvgIpc) is 3.20. The Morgan fingerprint density at radius 2 is 1.94 bits per heavy atom. The Labute approximate surface area is 101 Å². The van der Waals surface area contributed by atoms with Crippen LogP contribution in [0.15, 0.2) is 30.3 Å². The molecule has 90 valence electrons. The molecule has 2 rings (SSSR count). The van der Waals surface area contributed by atoms with Crippen LogP contribution in [0.3, 0.4) is 0 Å². The minimum Gasteiger partial charge on any atom is -0.347 e. The highest BCUT2D eigenvalue weighted by Crippen LogP contribution is 2.28. The van der Waals surface area contributed by atoms with Crippen molar-refractivity contribution >= 4 is 17.5 Å². The fourth-order valence-corrected chi connectivity index (χ4v) is 1.57. The molecular formula is C13H16N2O2. The number of nitrogens with zero attached hydrogens (tertiary/aromatic N) is 1. The molecule has 1 fully saturated rings. The molecule has 0 unspecified atom stereocenters. The van der Waals surface area contributed by atoms with Crippen LogP contribution in [0, 0.1) is 5.92 Å². The van der Waals surface area contributed by atoms with Gasteiger partial charge in [-0.25, -0.2) is 0 Å². The first kappa shape index (κ1) is 11.6. The van der Waals surface area contributed by atoms with Crippen LogP contribution in [0.1, 0.15) is 12.8 Å².